The van der Waals surface area contributed by atoms with E-state index in [2.05, 4.69) is 12.2 Å². The summed E-state index contributed by atoms with van der Waals surface area (Å²) in [6.07, 6.45) is 6.65. The lowest BCUT2D eigenvalue weighted by atomic mass is 10.1. The first-order valence-electron chi connectivity index (χ1n) is 5.70. The lowest BCUT2D eigenvalue weighted by Crippen LogP contribution is -2.37. The normalized spacial score (nSPS) is 18.1. The summed E-state index contributed by atoms with van der Waals surface area (Å²) < 4.78 is 0. The fourth-order valence-corrected chi connectivity index (χ4v) is 1.59. The highest BCUT2D eigenvalue weighted by molar-refractivity contribution is 5.73. The molecule has 82 valence electrons. The van der Waals surface area contributed by atoms with Gasteiger partial charge in [-0.15, -0.1) is 0 Å². The van der Waals surface area contributed by atoms with Crippen LogP contribution in [0.15, 0.2) is 0 Å². The molecular weight excluding hydrogens is 178 g/mol. The van der Waals surface area contributed by atoms with E-state index in [1.165, 1.54) is 12.8 Å². The van der Waals surface area contributed by atoms with Gasteiger partial charge in [-0.25, -0.2) is 0 Å². The highest BCUT2D eigenvalue weighted by Gasteiger charge is 2.22. The molecule has 3 nitrogen and oxygen atoms in total. The second-order valence-electron chi connectivity index (χ2n) is 4.22. The number of aliphatic carboxylic acids is 1. The third kappa shape index (κ3) is 4.61. The van der Waals surface area contributed by atoms with Gasteiger partial charge >= 0.3 is 5.97 Å². The van der Waals surface area contributed by atoms with Crippen LogP contribution in [0.5, 0.6) is 0 Å². The van der Waals surface area contributed by atoms with E-state index in [4.69, 9.17) is 5.11 Å². The van der Waals surface area contributed by atoms with Crippen molar-refractivity contribution in [3.8, 4) is 0 Å². The molecule has 1 atom stereocenters. The van der Waals surface area contributed by atoms with Gasteiger partial charge in [0.05, 0.1) is 0 Å². The van der Waals surface area contributed by atoms with Gasteiger partial charge in [0.15, 0.2) is 0 Å². The van der Waals surface area contributed by atoms with Gasteiger partial charge in [-0.05, 0) is 25.3 Å². The summed E-state index contributed by atoms with van der Waals surface area (Å²) in [6.45, 7) is 2.95. The van der Waals surface area contributed by atoms with Gasteiger partial charge in [0, 0.05) is 0 Å². The predicted octanol–water partition coefficient (Wildman–Crippen LogP) is 2.02. The summed E-state index contributed by atoms with van der Waals surface area (Å²) in [5.41, 5.74) is 0. The number of unbranched alkanes of at least 4 members (excludes halogenated alkanes) is 1. The first kappa shape index (κ1) is 11.5. The van der Waals surface area contributed by atoms with E-state index in [0.29, 0.717) is 0 Å². The van der Waals surface area contributed by atoms with Crippen LogP contribution in [-0.2, 0) is 4.79 Å². The maximum atomic E-state index is 10.8. The largest absolute Gasteiger partial charge is 0.480 e. The van der Waals surface area contributed by atoms with Crippen molar-refractivity contribution in [3.05, 3.63) is 0 Å². The molecule has 0 spiro atoms. The monoisotopic (exact) mass is 199 g/mol. The number of carbonyl (C=O) groups is 1. The van der Waals surface area contributed by atoms with Gasteiger partial charge in [0.1, 0.15) is 6.04 Å². The van der Waals surface area contributed by atoms with Crippen molar-refractivity contribution in [2.45, 2.75) is 51.5 Å². The zero-order valence-corrected chi connectivity index (χ0v) is 8.96. The molecule has 0 saturated heterocycles. The SMILES string of the molecule is CCCCC(NCCC1CC1)C(=O)O. The number of nitrogens with one attached hydrogen (secondary N) is 1. The van der Waals surface area contributed by atoms with Crippen molar-refractivity contribution in [2.24, 2.45) is 5.92 Å². The van der Waals surface area contributed by atoms with E-state index in [0.717, 1.165) is 38.1 Å². The first-order valence-corrected chi connectivity index (χ1v) is 5.70. The number of hydrogen-bond donors (Lipinski definition) is 2. The second-order valence-corrected chi connectivity index (χ2v) is 4.22. The zero-order valence-electron chi connectivity index (χ0n) is 8.96. The summed E-state index contributed by atoms with van der Waals surface area (Å²) in [5, 5.41) is 12.0. The van der Waals surface area contributed by atoms with Crippen LogP contribution in [0, 0.1) is 5.92 Å². The highest BCUT2D eigenvalue weighted by Crippen LogP contribution is 2.31. The average Bonchev–Trinajstić information content (AvgIpc) is 2.94. The second kappa shape index (κ2) is 6.02. The molecule has 3 heteroatoms. The summed E-state index contributed by atoms with van der Waals surface area (Å²) >= 11 is 0. The lowest BCUT2D eigenvalue weighted by molar-refractivity contribution is -0.139. The third-order valence-corrected chi connectivity index (χ3v) is 2.78. The van der Waals surface area contributed by atoms with Crippen molar-refractivity contribution in [2.75, 3.05) is 6.54 Å². The number of carboxylic acid groups (broad SMARTS) is 1. The Bertz CT molecular complexity index is 178. The van der Waals surface area contributed by atoms with Crippen molar-refractivity contribution in [1.82, 2.24) is 5.32 Å². The van der Waals surface area contributed by atoms with E-state index in [9.17, 15) is 4.79 Å². The molecule has 0 radical (unpaired) electrons. The van der Waals surface area contributed by atoms with Gasteiger partial charge in [0.25, 0.3) is 0 Å². The molecular formula is C11H21NO2. The van der Waals surface area contributed by atoms with Crippen molar-refractivity contribution < 1.29 is 9.90 Å². The van der Waals surface area contributed by atoms with Crippen LogP contribution in [0.3, 0.4) is 0 Å². The maximum absolute atomic E-state index is 10.8. The quantitative estimate of drug-likeness (QED) is 0.628. The van der Waals surface area contributed by atoms with E-state index in [1.807, 2.05) is 0 Å². The Hall–Kier alpha value is -0.570. The minimum atomic E-state index is -0.700. The minimum absolute atomic E-state index is 0.325. The van der Waals surface area contributed by atoms with Crippen LogP contribution in [0.2, 0.25) is 0 Å². The third-order valence-electron chi connectivity index (χ3n) is 2.78. The first-order chi connectivity index (χ1) is 6.74. The van der Waals surface area contributed by atoms with Crippen molar-refractivity contribution in [3.63, 3.8) is 0 Å². The van der Waals surface area contributed by atoms with Crippen LogP contribution in [-0.4, -0.2) is 23.7 Å². The molecule has 0 aromatic rings. The smallest absolute Gasteiger partial charge is 0.320 e. The molecule has 1 fully saturated rings. The molecule has 0 amide bonds. The van der Waals surface area contributed by atoms with Crippen LogP contribution in [0.4, 0.5) is 0 Å². The molecule has 1 rings (SSSR count). The van der Waals surface area contributed by atoms with Gasteiger partial charge in [-0.2, -0.15) is 0 Å². The Balaban J connectivity index is 2.09. The molecule has 1 unspecified atom stereocenters. The summed E-state index contributed by atoms with van der Waals surface area (Å²) in [6, 6.07) is -0.325. The zero-order chi connectivity index (χ0) is 10.4. The van der Waals surface area contributed by atoms with Gasteiger partial charge < -0.3 is 10.4 Å². The van der Waals surface area contributed by atoms with Crippen LogP contribution in [0.1, 0.15) is 45.4 Å². The number of rotatable bonds is 8. The van der Waals surface area contributed by atoms with E-state index >= 15 is 0 Å². The van der Waals surface area contributed by atoms with Gasteiger partial charge in [0.2, 0.25) is 0 Å². The van der Waals surface area contributed by atoms with Gasteiger partial charge in [-0.1, -0.05) is 32.6 Å². The summed E-state index contributed by atoms with van der Waals surface area (Å²) in [4.78, 5) is 10.8. The number of carboxylic acids is 1. The topological polar surface area (TPSA) is 49.3 Å². The Morgan fingerprint density at radius 3 is 2.79 bits per heavy atom. The van der Waals surface area contributed by atoms with Crippen molar-refractivity contribution >= 4 is 5.97 Å². The molecule has 1 aliphatic carbocycles. The Morgan fingerprint density at radius 1 is 1.57 bits per heavy atom. The average molecular weight is 199 g/mol. The van der Waals surface area contributed by atoms with E-state index < -0.39 is 5.97 Å². The highest BCUT2D eigenvalue weighted by atomic mass is 16.4. The molecule has 1 saturated carbocycles. The molecule has 14 heavy (non-hydrogen) atoms. The molecule has 1 aliphatic rings. The Labute approximate surface area is 85.9 Å². The van der Waals surface area contributed by atoms with E-state index in [1.54, 1.807) is 0 Å². The predicted molar refractivity (Wildman–Crippen MR) is 56.3 cm³/mol. The summed E-state index contributed by atoms with van der Waals surface area (Å²) in [7, 11) is 0. The standard InChI is InChI=1S/C11H21NO2/c1-2-3-4-10(11(13)14)12-8-7-9-5-6-9/h9-10,12H,2-8H2,1H3,(H,13,14). The van der Waals surface area contributed by atoms with Crippen molar-refractivity contribution in [1.29, 1.82) is 0 Å². The Kier molecular flexibility index (Phi) is 4.94. The molecule has 0 aromatic heterocycles. The van der Waals surface area contributed by atoms with Gasteiger partial charge in [-0.3, -0.25) is 4.79 Å². The summed E-state index contributed by atoms with van der Waals surface area (Å²) in [5.74, 6) is 0.178. The van der Waals surface area contributed by atoms with Crippen LogP contribution in [0.25, 0.3) is 0 Å². The van der Waals surface area contributed by atoms with Crippen LogP contribution >= 0.6 is 0 Å². The minimum Gasteiger partial charge on any atom is -0.480 e. The molecule has 0 bridgehead atoms. The maximum Gasteiger partial charge on any atom is 0.320 e. The Morgan fingerprint density at radius 2 is 2.29 bits per heavy atom. The van der Waals surface area contributed by atoms with Crippen LogP contribution < -0.4 is 5.32 Å². The fourth-order valence-electron chi connectivity index (χ4n) is 1.59. The molecule has 2 N–H and O–H groups in total. The molecule has 0 aromatic carbocycles. The molecule has 0 heterocycles. The lowest BCUT2D eigenvalue weighted by Gasteiger charge is -2.13. The fraction of sp³-hybridized carbons (Fsp3) is 0.909. The number of hydrogen-bond acceptors (Lipinski definition) is 2. The molecule has 0 aliphatic heterocycles. The van der Waals surface area contributed by atoms with E-state index in [-0.39, 0.29) is 6.04 Å².